The van der Waals surface area contributed by atoms with E-state index < -0.39 is 17.4 Å². The number of carboxylic acids is 2. The molecular formula is C32H62O4Sn. The molecule has 0 amide bonds. The third kappa shape index (κ3) is 28.6. The molecule has 0 bridgehead atoms. The number of carbonyl (C=O) groups excluding carboxylic acids is 2. The molecule has 0 saturated heterocycles. The van der Waals surface area contributed by atoms with Crippen molar-refractivity contribution in [1.82, 2.24) is 0 Å². The van der Waals surface area contributed by atoms with E-state index in [2.05, 4.69) is 27.7 Å². The van der Waals surface area contributed by atoms with E-state index in [1.807, 2.05) is 0 Å². The van der Waals surface area contributed by atoms with Crippen LogP contribution in [-0.4, -0.2) is 35.8 Å². The topological polar surface area (TPSA) is 80.3 Å². The summed E-state index contributed by atoms with van der Waals surface area (Å²) in [7, 11) is 0. The van der Waals surface area contributed by atoms with Gasteiger partial charge in [0, 0.05) is 17.4 Å². The van der Waals surface area contributed by atoms with Gasteiger partial charge in [-0.1, -0.05) is 156 Å². The molecule has 4 nitrogen and oxygen atoms in total. The minimum Gasteiger partial charge on any atom is -0.550 e. The molecule has 0 heterocycles. The summed E-state index contributed by atoms with van der Waals surface area (Å²) in [5.74, 6) is -1.70. The van der Waals surface area contributed by atoms with Gasteiger partial charge in [-0.2, -0.15) is 0 Å². The Hall–Kier alpha value is -0.261. The van der Waals surface area contributed by atoms with Gasteiger partial charge in [-0.25, -0.2) is 0 Å². The van der Waals surface area contributed by atoms with E-state index in [0.717, 1.165) is 64.2 Å². The summed E-state index contributed by atoms with van der Waals surface area (Å²) in [6, 6.07) is 0. The molecule has 0 aliphatic rings. The average molecular weight is 630 g/mol. The largest absolute Gasteiger partial charge is 2.00 e. The van der Waals surface area contributed by atoms with Gasteiger partial charge in [0.1, 0.15) is 0 Å². The summed E-state index contributed by atoms with van der Waals surface area (Å²) in [6.07, 6.45) is 27.9. The molecule has 0 aromatic heterocycles. The van der Waals surface area contributed by atoms with Gasteiger partial charge in [0.2, 0.25) is 0 Å². The molecule has 0 unspecified atom stereocenters. The first-order valence-corrected chi connectivity index (χ1v) is 15.8. The smallest absolute Gasteiger partial charge is 0.550 e. The van der Waals surface area contributed by atoms with Crippen molar-refractivity contribution in [1.29, 1.82) is 0 Å². The Morgan fingerprint density at radius 2 is 0.757 bits per heavy atom. The zero-order valence-electron chi connectivity index (χ0n) is 25.3. The van der Waals surface area contributed by atoms with Crippen LogP contribution < -0.4 is 10.2 Å². The zero-order chi connectivity index (χ0) is 27.3. The summed E-state index contributed by atoms with van der Waals surface area (Å²) in [5, 5.41) is 21.9. The van der Waals surface area contributed by atoms with Gasteiger partial charge in [-0.15, -0.1) is 0 Å². The van der Waals surface area contributed by atoms with Crippen molar-refractivity contribution in [2.75, 3.05) is 0 Å². The second-order valence-corrected chi connectivity index (χ2v) is 11.0. The molecule has 2 radical (unpaired) electrons. The third-order valence-electron chi connectivity index (χ3n) is 7.44. The van der Waals surface area contributed by atoms with E-state index in [-0.39, 0.29) is 30.3 Å². The van der Waals surface area contributed by atoms with Crippen molar-refractivity contribution in [2.45, 2.75) is 188 Å². The summed E-state index contributed by atoms with van der Waals surface area (Å²) in [5.41, 5.74) is -0.547. The standard InChI is InChI=1S/C20H40O2.C12H24O2.Sn/c1-4-7-10-11-12-13-14-15-18-20(19(21)22,16-8-5-2)17-9-6-3;1-2-3-4-5-6-7-8-9-10-11-12(13)14;/h4-18H2,1-3H3,(H,21,22);2-11H2,1H3,(H,13,14);/q;;+2/p-2. The van der Waals surface area contributed by atoms with Crippen LogP contribution in [0.15, 0.2) is 0 Å². The van der Waals surface area contributed by atoms with Crippen LogP contribution in [0, 0.1) is 5.41 Å². The van der Waals surface area contributed by atoms with Gasteiger partial charge >= 0.3 is 23.9 Å². The van der Waals surface area contributed by atoms with Gasteiger partial charge in [-0.3, -0.25) is 0 Å². The maximum atomic E-state index is 11.8. The maximum absolute atomic E-state index is 11.8. The van der Waals surface area contributed by atoms with Gasteiger partial charge in [0.05, 0.1) is 0 Å². The number of hydrogen-bond acceptors (Lipinski definition) is 4. The molecule has 0 rings (SSSR count). The van der Waals surface area contributed by atoms with E-state index in [4.69, 9.17) is 0 Å². The van der Waals surface area contributed by atoms with Gasteiger partial charge in [0.25, 0.3) is 0 Å². The Labute approximate surface area is 248 Å². The number of carboxylic acid groups (broad SMARTS) is 2. The number of unbranched alkanes of at least 4 members (excludes halogenated alkanes) is 17. The molecule has 0 saturated carbocycles. The fourth-order valence-electron chi connectivity index (χ4n) is 4.89. The predicted molar refractivity (Wildman–Crippen MR) is 156 cm³/mol. The Morgan fingerprint density at radius 1 is 0.459 bits per heavy atom. The van der Waals surface area contributed by atoms with Crippen LogP contribution in [0.2, 0.25) is 0 Å². The van der Waals surface area contributed by atoms with E-state index in [1.54, 1.807) is 0 Å². The molecular weight excluding hydrogens is 567 g/mol. The first kappa shape index (κ1) is 41.2. The number of hydrogen-bond donors (Lipinski definition) is 0. The van der Waals surface area contributed by atoms with Crippen molar-refractivity contribution in [3.63, 3.8) is 0 Å². The summed E-state index contributed by atoms with van der Waals surface area (Å²) < 4.78 is 0. The van der Waals surface area contributed by atoms with E-state index in [0.29, 0.717) is 0 Å². The molecule has 0 fully saturated rings. The van der Waals surface area contributed by atoms with Gasteiger partial charge in [0.15, 0.2) is 0 Å². The molecule has 0 aromatic carbocycles. The molecule has 0 aliphatic heterocycles. The average Bonchev–Trinajstić information content (AvgIpc) is 2.86. The van der Waals surface area contributed by atoms with Crippen LogP contribution in [-0.2, 0) is 9.59 Å². The molecule has 5 heteroatoms. The van der Waals surface area contributed by atoms with Crippen molar-refractivity contribution >= 4 is 35.8 Å². The fraction of sp³-hybridized carbons (Fsp3) is 0.938. The predicted octanol–water partition coefficient (Wildman–Crippen LogP) is 7.91. The van der Waals surface area contributed by atoms with E-state index in [9.17, 15) is 19.8 Å². The third-order valence-corrected chi connectivity index (χ3v) is 7.44. The minimum absolute atomic E-state index is 0. The van der Waals surface area contributed by atoms with Crippen LogP contribution in [0.3, 0.4) is 0 Å². The number of carbonyl (C=O) groups is 2. The van der Waals surface area contributed by atoms with Crippen molar-refractivity contribution in [2.24, 2.45) is 5.41 Å². The van der Waals surface area contributed by atoms with Crippen LogP contribution >= 0.6 is 0 Å². The molecule has 218 valence electrons. The fourth-order valence-corrected chi connectivity index (χ4v) is 4.89. The van der Waals surface area contributed by atoms with Crippen molar-refractivity contribution in [3.05, 3.63) is 0 Å². The second-order valence-electron chi connectivity index (χ2n) is 11.0. The quantitative estimate of drug-likeness (QED) is 0.0720. The van der Waals surface area contributed by atoms with Crippen LogP contribution in [0.1, 0.15) is 188 Å². The molecule has 0 aromatic rings. The summed E-state index contributed by atoms with van der Waals surface area (Å²) in [4.78, 5) is 21.9. The van der Waals surface area contributed by atoms with E-state index in [1.165, 1.54) is 89.9 Å². The first-order valence-electron chi connectivity index (χ1n) is 15.8. The molecule has 0 aliphatic carbocycles. The van der Waals surface area contributed by atoms with E-state index >= 15 is 0 Å². The summed E-state index contributed by atoms with van der Waals surface area (Å²) >= 11 is 0. The number of aliphatic carboxylic acids is 2. The second kappa shape index (κ2) is 32.0. The van der Waals surface area contributed by atoms with Crippen LogP contribution in [0.4, 0.5) is 0 Å². The molecule has 0 N–H and O–H groups in total. The molecule has 37 heavy (non-hydrogen) atoms. The van der Waals surface area contributed by atoms with Crippen LogP contribution in [0.25, 0.3) is 0 Å². The monoisotopic (exact) mass is 630 g/mol. The first-order chi connectivity index (χ1) is 17.4. The number of rotatable bonds is 26. The Kier molecular flexibility index (Phi) is 35.6. The molecule has 0 spiro atoms. The Bertz CT molecular complexity index is 473. The van der Waals surface area contributed by atoms with Gasteiger partial charge in [-0.05, 0) is 32.1 Å². The van der Waals surface area contributed by atoms with Gasteiger partial charge < -0.3 is 19.8 Å². The van der Waals surface area contributed by atoms with Crippen molar-refractivity contribution < 1.29 is 19.8 Å². The maximum Gasteiger partial charge on any atom is 2.00 e. The van der Waals surface area contributed by atoms with Crippen molar-refractivity contribution in [3.8, 4) is 0 Å². The SMILES string of the molecule is CCCCCCCCCCC(CCCC)(CCCC)C(=O)[O-].CCCCCCCCCCCC(=O)[O-].[Sn+2]. The summed E-state index contributed by atoms with van der Waals surface area (Å²) in [6.45, 7) is 8.73. The zero-order valence-corrected chi connectivity index (χ0v) is 28.2. The Balaban J connectivity index is -0.000000668. The normalized spacial score (nSPS) is 10.9. The minimum atomic E-state index is -0.909. The van der Waals surface area contributed by atoms with Crippen LogP contribution in [0.5, 0.6) is 0 Å². The molecule has 0 atom stereocenters. The Morgan fingerprint density at radius 3 is 1.08 bits per heavy atom.